The van der Waals surface area contributed by atoms with Gasteiger partial charge in [0.1, 0.15) is 41.6 Å². The van der Waals surface area contributed by atoms with Crippen LogP contribution in [0.1, 0.15) is 35.2 Å². The molecule has 2 saturated heterocycles. The zero-order chi connectivity index (χ0) is 25.7. The number of H-pyrrole nitrogens is 1. The van der Waals surface area contributed by atoms with Crippen molar-refractivity contribution in [1.29, 1.82) is 0 Å². The molecular formula is C24H23ClF2N4O6. The van der Waals surface area contributed by atoms with Gasteiger partial charge in [-0.05, 0) is 37.5 Å². The van der Waals surface area contributed by atoms with E-state index in [1.54, 1.807) is 0 Å². The minimum atomic E-state index is -0.914. The first-order valence-corrected chi connectivity index (χ1v) is 12.3. The van der Waals surface area contributed by atoms with Crippen molar-refractivity contribution < 1.29 is 37.6 Å². The number of hydrogen-bond donors (Lipinski definition) is 3. The average molecular weight is 537 g/mol. The van der Waals surface area contributed by atoms with Gasteiger partial charge in [-0.15, -0.1) is 0 Å². The summed E-state index contributed by atoms with van der Waals surface area (Å²) in [7, 11) is 0. The van der Waals surface area contributed by atoms with Crippen LogP contribution in [0, 0.1) is 11.6 Å². The molecule has 0 spiro atoms. The van der Waals surface area contributed by atoms with Gasteiger partial charge in [0.15, 0.2) is 11.8 Å². The fourth-order valence-corrected chi connectivity index (χ4v) is 4.76. The van der Waals surface area contributed by atoms with Crippen LogP contribution in [-0.4, -0.2) is 69.6 Å². The summed E-state index contributed by atoms with van der Waals surface area (Å²) in [5.74, 6) is -2.42. The van der Waals surface area contributed by atoms with E-state index in [-0.39, 0.29) is 52.9 Å². The maximum atomic E-state index is 14.7. The van der Waals surface area contributed by atoms with Crippen molar-refractivity contribution >= 4 is 28.7 Å². The first-order chi connectivity index (χ1) is 17.9. The lowest BCUT2D eigenvalue weighted by Gasteiger charge is -2.26. The smallest absolute Gasteiger partial charge is 0.296 e. The molecule has 10 nitrogen and oxygen atoms in total. The van der Waals surface area contributed by atoms with Crippen LogP contribution in [0.4, 0.5) is 8.78 Å². The number of nitrogens with zero attached hydrogens (tertiary/aromatic N) is 2. The van der Waals surface area contributed by atoms with Gasteiger partial charge in [0.2, 0.25) is 5.88 Å². The molecule has 1 aliphatic carbocycles. The van der Waals surface area contributed by atoms with Gasteiger partial charge in [-0.1, -0.05) is 11.6 Å². The van der Waals surface area contributed by atoms with Crippen LogP contribution in [0.5, 0.6) is 11.9 Å². The van der Waals surface area contributed by atoms with Gasteiger partial charge in [-0.2, -0.15) is 9.97 Å². The van der Waals surface area contributed by atoms with Crippen molar-refractivity contribution in [1.82, 2.24) is 20.3 Å². The lowest BCUT2D eigenvalue weighted by molar-refractivity contribution is 0.00706. The number of carbonyl (C=O) groups excluding carboxylic acids is 1. The zero-order valence-electron chi connectivity index (χ0n) is 19.4. The summed E-state index contributed by atoms with van der Waals surface area (Å²) >= 11 is 6.27. The SMILES string of the molecule is O=C(NC1CCC1)c1cc(F)c(COc2nc3nc(O[C@@H]4COC5[C@H](O)CO[C@@H]54)[nH]c3cc2Cl)c(F)c1. The highest BCUT2D eigenvalue weighted by Crippen LogP contribution is 2.32. The van der Waals surface area contributed by atoms with Crippen LogP contribution in [-0.2, 0) is 16.1 Å². The molecule has 3 fully saturated rings. The Morgan fingerprint density at radius 1 is 1.16 bits per heavy atom. The molecule has 0 radical (unpaired) electrons. The number of rotatable bonds is 7. The quantitative estimate of drug-likeness (QED) is 0.420. The van der Waals surface area contributed by atoms with Crippen LogP contribution in [0.2, 0.25) is 5.02 Å². The highest BCUT2D eigenvalue weighted by molar-refractivity contribution is 6.32. The third-order valence-corrected chi connectivity index (χ3v) is 7.09. The topological polar surface area (TPSA) is 128 Å². The van der Waals surface area contributed by atoms with Gasteiger partial charge in [0, 0.05) is 11.6 Å². The predicted octanol–water partition coefficient (Wildman–Crippen LogP) is 2.66. The number of pyridine rings is 1. The molecule has 1 unspecified atom stereocenters. The minimum Gasteiger partial charge on any atom is -0.471 e. The molecule has 196 valence electrons. The Bertz CT molecular complexity index is 1330. The van der Waals surface area contributed by atoms with Gasteiger partial charge in [0.25, 0.3) is 11.9 Å². The third kappa shape index (κ3) is 4.70. The van der Waals surface area contributed by atoms with Crippen molar-refractivity contribution in [3.05, 3.63) is 46.0 Å². The summed E-state index contributed by atoms with van der Waals surface area (Å²) in [5, 5.41) is 12.7. The van der Waals surface area contributed by atoms with Crippen molar-refractivity contribution in [2.24, 2.45) is 0 Å². The van der Waals surface area contributed by atoms with Gasteiger partial charge in [0.05, 0.1) is 24.3 Å². The zero-order valence-corrected chi connectivity index (χ0v) is 20.1. The predicted molar refractivity (Wildman–Crippen MR) is 125 cm³/mol. The second-order valence-corrected chi connectivity index (χ2v) is 9.72. The summed E-state index contributed by atoms with van der Waals surface area (Å²) in [5.41, 5.74) is 0.207. The van der Waals surface area contributed by atoms with Crippen LogP contribution in [0.25, 0.3) is 11.2 Å². The Morgan fingerprint density at radius 3 is 2.65 bits per heavy atom. The first-order valence-electron chi connectivity index (χ1n) is 11.9. The van der Waals surface area contributed by atoms with Crippen LogP contribution >= 0.6 is 11.6 Å². The number of carbonyl (C=O) groups is 1. The number of aromatic nitrogens is 3. The number of aromatic amines is 1. The number of aliphatic hydroxyl groups is 1. The van der Waals surface area contributed by atoms with Crippen LogP contribution in [0.3, 0.4) is 0 Å². The second-order valence-electron chi connectivity index (χ2n) is 9.32. The van der Waals surface area contributed by atoms with E-state index in [0.29, 0.717) is 5.52 Å². The molecule has 3 N–H and O–H groups in total. The number of ether oxygens (including phenoxy) is 4. The monoisotopic (exact) mass is 536 g/mol. The summed E-state index contributed by atoms with van der Waals surface area (Å²) in [6.45, 7) is -0.106. The van der Waals surface area contributed by atoms with E-state index < -0.39 is 48.6 Å². The highest BCUT2D eigenvalue weighted by Gasteiger charge is 2.48. The second kappa shape index (κ2) is 9.67. The number of aliphatic hydroxyl groups excluding tert-OH is 1. The number of nitrogens with one attached hydrogen (secondary N) is 2. The van der Waals surface area contributed by atoms with E-state index in [1.807, 2.05) is 0 Å². The Labute approximate surface area is 214 Å². The molecule has 3 aliphatic rings. The maximum absolute atomic E-state index is 14.7. The first kappa shape index (κ1) is 24.3. The van der Waals surface area contributed by atoms with E-state index in [2.05, 4.69) is 20.3 Å². The number of imidazole rings is 1. The largest absolute Gasteiger partial charge is 0.471 e. The molecule has 0 bridgehead atoms. The maximum Gasteiger partial charge on any atom is 0.296 e. The fraction of sp³-hybridized carbons (Fsp3) is 0.458. The Morgan fingerprint density at radius 2 is 1.92 bits per heavy atom. The molecule has 2 aromatic heterocycles. The normalized spacial score (nSPS) is 25.2. The number of halogens is 3. The fourth-order valence-electron chi connectivity index (χ4n) is 4.56. The van der Waals surface area contributed by atoms with Crippen LogP contribution < -0.4 is 14.8 Å². The van der Waals surface area contributed by atoms with Crippen molar-refractivity contribution in [3.63, 3.8) is 0 Å². The third-order valence-electron chi connectivity index (χ3n) is 6.81. The van der Waals surface area contributed by atoms with Crippen LogP contribution in [0.15, 0.2) is 18.2 Å². The summed E-state index contributed by atoms with van der Waals surface area (Å²) in [6.07, 6.45) is 0.698. The molecule has 1 saturated carbocycles. The van der Waals surface area contributed by atoms with E-state index in [4.69, 9.17) is 30.5 Å². The van der Waals surface area contributed by atoms with Gasteiger partial charge in [-0.3, -0.25) is 4.79 Å². The number of amides is 1. The standard InChI is InChI=1S/C24H23ClF2N4O6/c25-13-6-16-21(31-24(29-16)37-18-9-35-19-17(32)8-34-20(18)19)30-23(13)36-7-12-14(26)4-10(5-15(12)27)22(33)28-11-2-1-3-11/h4-6,11,17-20,32H,1-3,7-9H2,(H,28,33)(H,29,30,31)/t17-,18-,19?,20-/m1/s1. The molecule has 4 heterocycles. The van der Waals surface area contributed by atoms with E-state index >= 15 is 0 Å². The molecule has 6 rings (SSSR count). The summed E-state index contributed by atoms with van der Waals surface area (Å²) in [4.78, 5) is 23.7. The van der Waals surface area contributed by atoms with E-state index in [1.165, 1.54) is 6.07 Å². The minimum absolute atomic E-state index is 0.0464. The molecule has 37 heavy (non-hydrogen) atoms. The molecule has 13 heteroatoms. The number of benzene rings is 1. The number of hydrogen-bond acceptors (Lipinski definition) is 8. The molecule has 1 amide bonds. The van der Waals surface area contributed by atoms with Gasteiger partial charge < -0.3 is 34.4 Å². The summed E-state index contributed by atoms with van der Waals surface area (Å²) in [6, 6.07) is 3.65. The molecule has 1 aromatic carbocycles. The molecule has 2 aliphatic heterocycles. The lowest BCUT2D eigenvalue weighted by Crippen LogP contribution is -2.39. The molecule has 3 aromatic rings. The Balaban J connectivity index is 1.14. The van der Waals surface area contributed by atoms with Crippen molar-refractivity contribution in [3.8, 4) is 11.9 Å². The van der Waals surface area contributed by atoms with Crippen molar-refractivity contribution in [2.75, 3.05) is 13.2 Å². The molecule has 4 atom stereocenters. The molecular weight excluding hydrogens is 514 g/mol. The van der Waals surface area contributed by atoms with E-state index in [9.17, 15) is 18.7 Å². The average Bonchev–Trinajstić information content (AvgIpc) is 3.52. The van der Waals surface area contributed by atoms with Crippen molar-refractivity contribution in [2.45, 2.75) is 56.3 Å². The summed E-state index contributed by atoms with van der Waals surface area (Å²) < 4.78 is 51.7. The van der Waals surface area contributed by atoms with Gasteiger partial charge in [-0.25, -0.2) is 8.78 Å². The Kier molecular flexibility index (Phi) is 6.35. The van der Waals surface area contributed by atoms with Gasteiger partial charge >= 0.3 is 0 Å². The van der Waals surface area contributed by atoms with E-state index in [0.717, 1.165) is 31.4 Å². The lowest BCUT2D eigenvalue weighted by atomic mass is 9.93. The Hall–Kier alpha value is -3.06. The number of fused-ring (bicyclic) bond motifs is 2. The highest BCUT2D eigenvalue weighted by atomic mass is 35.5.